The Labute approximate surface area is 119 Å². The van der Waals surface area contributed by atoms with Gasteiger partial charge in [-0.1, -0.05) is 17.7 Å². The number of methoxy groups -OCH3 is 1. The second-order valence-electron chi connectivity index (χ2n) is 4.22. The van der Waals surface area contributed by atoms with E-state index in [0.717, 1.165) is 12.1 Å². The highest BCUT2D eigenvalue weighted by atomic mass is 35.5. The fraction of sp³-hybridized carbons (Fsp3) is 0.133. The zero-order chi connectivity index (χ0) is 14.9. The van der Waals surface area contributed by atoms with E-state index in [9.17, 15) is 13.6 Å². The quantitative estimate of drug-likeness (QED) is 0.780. The zero-order valence-electron chi connectivity index (χ0n) is 10.8. The molecule has 0 N–H and O–H groups in total. The first kappa shape index (κ1) is 14.5. The Hall–Kier alpha value is -1.94. The molecule has 0 heterocycles. The van der Waals surface area contributed by atoms with E-state index in [4.69, 9.17) is 16.3 Å². The minimum Gasteiger partial charge on any atom is -0.497 e. The molecule has 0 fully saturated rings. The maximum atomic E-state index is 13.9. The first-order valence-corrected chi connectivity index (χ1v) is 6.15. The van der Waals surface area contributed by atoms with Crippen molar-refractivity contribution in [1.29, 1.82) is 0 Å². The summed E-state index contributed by atoms with van der Waals surface area (Å²) >= 11 is 5.95. The molecule has 2 aromatic rings. The number of rotatable bonds is 3. The molecule has 0 unspecified atom stereocenters. The summed E-state index contributed by atoms with van der Waals surface area (Å²) in [6.07, 6.45) is 0. The summed E-state index contributed by atoms with van der Waals surface area (Å²) in [5.41, 5.74) is 0.366. The minimum absolute atomic E-state index is 0.0928. The van der Waals surface area contributed by atoms with E-state index in [-0.39, 0.29) is 27.7 Å². The number of hydrogen-bond donors (Lipinski definition) is 0. The molecule has 2 aromatic carbocycles. The van der Waals surface area contributed by atoms with Crippen LogP contribution in [0.2, 0.25) is 5.02 Å². The molecule has 2 rings (SSSR count). The van der Waals surface area contributed by atoms with Crippen LogP contribution in [0.3, 0.4) is 0 Å². The summed E-state index contributed by atoms with van der Waals surface area (Å²) in [6, 6.07) is 6.45. The Bertz CT molecular complexity index is 661. The maximum Gasteiger partial charge on any atom is 0.161 e. The average molecular weight is 297 g/mol. The monoisotopic (exact) mass is 296 g/mol. The third kappa shape index (κ3) is 2.65. The number of carbonyl (C=O) groups excluding carboxylic acids is 1. The van der Waals surface area contributed by atoms with Crippen molar-refractivity contribution in [3.05, 3.63) is 52.6 Å². The molecular weight excluding hydrogens is 286 g/mol. The van der Waals surface area contributed by atoms with Gasteiger partial charge in [-0.15, -0.1) is 0 Å². The third-order valence-electron chi connectivity index (χ3n) is 2.89. The lowest BCUT2D eigenvalue weighted by Crippen LogP contribution is -1.96. The molecule has 0 aromatic heterocycles. The Balaban J connectivity index is 2.58. The van der Waals surface area contributed by atoms with Crippen molar-refractivity contribution >= 4 is 17.4 Å². The molecule has 2 nitrogen and oxygen atoms in total. The van der Waals surface area contributed by atoms with Crippen molar-refractivity contribution in [2.45, 2.75) is 6.92 Å². The normalized spacial score (nSPS) is 10.4. The second kappa shape index (κ2) is 5.59. The number of ether oxygens (including phenoxy) is 1. The van der Waals surface area contributed by atoms with E-state index in [1.165, 1.54) is 32.2 Å². The van der Waals surface area contributed by atoms with Crippen LogP contribution in [0.15, 0.2) is 30.3 Å². The van der Waals surface area contributed by atoms with Gasteiger partial charge in [-0.05, 0) is 24.6 Å². The highest BCUT2D eigenvalue weighted by Gasteiger charge is 2.15. The van der Waals surface area contributed by atoms with E-state index >= 15 is 0 Å². The highest BCUT2D eigenvalue weighted by Crippen LogP contribution is 2.32. The van der Waals surface area contributed by atoms with Crippen LogP contribution in [0.4, 0.5) is 8.78 Å². The van der Waals surface area contributed by atoms with Crippen LogP contribution in [0.5, 0.6) is 5.75 Å². The van der Waals surface area contributed by atoms with Crippen LogP contribution in [-0.2, 0) is 0 Å². The summed E-state index contributed by atoms with van der Waals surface area (Å²) in [5, 5.41) is 0.157. The van der Waals surface area contributed by atoms with Crippen LogP contribution >= 0.6 is 11.6 Å². The molecule has 104 valence electrons. The number of hydrogen-bond acceptors (Lipinski definition) is 2. The Morgan fingerprint density at radius 2 is 1.75 bits per heavy atom. The molecule has 20 heavy (non-hydrogen) atoms. The van der Waals surface area contributed by atoms with E-state index in [2.05, 4.69) is 0 Å². The molecule has 0 aliphatic carbocycles. The van der Waals surface area contributed by atoms with Gasteiger partial charge in [0, 0.05) is 17.7 Å². The first-order valence-electron chi connectivity index (χ1n) is 5.78. The predicted octanol–water partition coefficient (Wildman–Crippen LogP) is 4.50. The molecule has 0 radical (unpaired) electrons. The number of ketones is 1. The van der Waals surface area contributed by atoms with E-state index in [1.807, 2.05) is 0 Å². The standard InChI is InChI=1S/C15H11ClF2O2/c1-8(19)11-4-3-9(5-12(11)16)15-13(17)6-10(20-2)7-14(15)18/h3-7H,1-2H3. The Kier molecular flexibility index (Phi) is 4.04. The molecule has 0 bridgehead atoms. The van der Waals surface area contributed by atoms with Gasteiger partial charge in [0.05, 0.1) is 17.7 Å². The van der Waals surface area contributed by atoms with E-state index < -0.39 is 11.6 Å². The smallest absolute Gasteiger partial charge is 0.161 e. The third-order valence-corrected chi connectivity index (χ3v) is 3.20. The van der Waals surface area contributed by atoms with Gasteiger partial charge in [0.15, 0.2) is 5.78 Å². The molecule has 5 heteroatoms. The highest BCUT2D eigenvalue weighted by molar-refractivity contribution is 6.34. The SMILES string of the molecule is COc1cc(F)c(-c2ccc(C(C)=O)c(Cl)c2)c(F)c1. The van der Waals surface area contributed by atoms with E-state index in [0.29, 0.717) is 5.56 Å². The van der Waals surface area contributed by atoms with Crippen molar-refractivity contribution in [2.75, 3.05) is 7.11 Å². The van der Waals surface area contributed by atoms with Gasteiger partial charge in [0.2, 0.25) is 0 Å². The van der Waals surface area contributed by atoms with Gasteiger partial charge in [0.25, 0.3) is 0 Å². The van der Waals surface area contributed by atoms with Gasteiger partial charge < -0.3 is 4.74 Å². The van der Waals surface area contributed by atoms with Gasteiger partial charge in [-0.3, -0.25) is 4.79 Å². The lowest BCUT2D eigenvalue weighted by molar-refractivity contribution is 0.101. The average Bonchev–Trinajstić information content (AvgIpc) is 2.37. The minimum atomic E-state index is -0.756. The molecule has 0 aliphatic heterocycles. The molecule has 0 spiro atoms. The van der Waals surface area contributed by atoms with Crippen molar-refractivity contribution in [2.24, 2.45) is 0 Å². The van der Waals surface area contributed by atoms with Crippen molar-refractivity contribution in [3.63, 3.8) is 0 Å². The topological polar surface area (TPSA) is 26.3 Å². The molecule has 0 aliphatic rings. The van der Waals surface area contributed by atoms with Gasteiger partial charge in [0.1, 0.15) is 17.4 Å². The maximum absolute atomic E-state index is 13.9. The Morgan fingerprint density at radius 1 is 1.15 bits per heavy atom. The molecule has 0 amide bonds. The van der Waals surface area contributed by atoms with Gasteiger partial charge >= 0.3 is 0 Å². The van der Waals surface area contributed by atoms with Crippen molar-refractivity contribution in [3.8, 4) is 16.9 Å². The van der Waals surface area contributed by atoms with Gasteiger partial charge in [-0.25, -0.2) is 8.78 Å². The summed E-state index contributed by atoms with van der Waals surface area (Å²) in [4.78, 5) is 11.3. The Morgan fingerprint density at radius 3 is 2.20 bits per heavy atom. The number of halogens is 3. The fourth-order valence-corrected chi connectivity index (χ4v) is 2.21. The molecule has 0 saturated carbocycles. The molecule has 0 saturated heterocycles. The van der Waals surface area contributed by atoms with E-state index in [1.54, 1.807) is 0 Å². The van der Waals surface area contributed by atoms with Crippen LogP contribution in [-0.4, -0.2) is 12.9 Å². The summed E-state index contributed by atoms with van der Waals surface area (Å²) in [5.74, 6) is -1.63. The van der Waals surface area contributed by atoms with Gasteiger partial charge in [-0.2, -0.15) is 0 Å². The van der Waals surface area contributed by atoms with Crippen LogP contribution in [0.1, 0.15) is 17.3 Å². The van der Waals surface area contributed by atoms with Crippen LogP contribution < -0.4 is 4.74 Å². The predicted molar refractivity (Wildman–Crippen MR) is 73.4 cm³/mol. The lowest BCUT2D eigenvalue weighted by atomic mass is 10.0. The van der Waals surface area contributed by atoms with Crippen molar-refractivity contribution in [1.82, 2.24) is 0 Å². The number of carbonyl (C=O) groups is 1. The summed E-state index contributed by atoms with van der Waals surface area (Å²) in [6.45, 7) is 1.37. The largest absolute Gasteiger partial charge is 0.497 e. The van der Waals surface area contributed by atoms with Crippen LogP contribution in [0, 0.1) is 11.6 Å². The summed E-state index contributed by atoms with van der Waals surface area (Å²) in [7, 11) is 1.33. The lowest BCUT2D eigenvalue weighted by Gasteiger charge is -2.09. The second-order valence-corrected chi connectivity index (χ2v) is 4.62. The molecular formula is C15H11ClF2O2. The summed E-state index contributed by atoms with van der Waals surface area (Å²) < 4.78 is 32.7. The number of Topliss-reactive ketones (excluding diaryl/α,β-unsaturated/α-hetero) is 1. The van der Waals surface area contributed by atoms with Crippen molar-refractivity contribution < 1.29 is 18.3 Å². The zero-order valence-corrected chi connectivity index (χ0v) is 11.6. The number of benzene rings is 2. The first-order chi connectivity index (χ1) is 9.43. The molecule has 0 atom stereocenters. The van der Waals surface area contributed by atoms with Crippen LogP contribution in [0.25, 0.3) is 11.1 Å². The fourth-order valence-electron chi connectivity index (χ4n) is 1.90.